The number of aryl methyl sites for hydroxylation is 1. The SMILES string of the molecule is CCc1cc(C(=O)C2=CC(Cl)CC(Cl)C=C2)c(NC(O)CC(C)(C)CC(=O)O)s1. The molecule has 0 aliphatic heterocycles. The predicted molar refractivity (Wildman–Crippen MR) is 119 cm³/mol. The molecule has 0 radical (unpaired) electrons. The molecule has 0 saturated heterocycles. The van der Waals surface area contributed by atoms with Gasteiger partial charge in [0.2, 0.25) is 0 Å². The molecule has 0 aromatic carbocycles. The third kappa shape index (κ3) is 7.14. The summed E-state index contributed by atoms with van der Waals surface area (Å²) in [5, 5.41) is 22.5. The van der Waals surface area contributed by atoms with Crippen molar-refractivity contribution in [3.63, 3.8) is 0 Å². The van der Waals surface area contributed by atoms with Crippen molar-refractivity contribution in [1.29, 1.82) is 0 Å². The highest BCUT2D eigenvalue weighted by Crippen LogP contribution is 2.34. The third-order valence-electron chi connectivity index (χ3n) is 4.61. The van der Waals surface area contributed by atoms with Crippen LogP contribution in [0.4, 0.5) is 5.00 Å². The van der Waals surface area contributed by atoms with E-state index in [9.17, 15) is 14.7 Å². The van der Waals surface area contributed by atoms with Crippen molar-refractivity contribution >= 4 is 51.3 Å². The number of allylic oxidation sites excluding steroid dienone is 4. The van der Waals surface area contributed by atoms with Gasteiger partial charge < -0.3 is 15.5 Å². The second-order valence-corrected chi connectivity index (χ2v) is 10.2. The zero-order chi connectivity index (χ0) is 21.8. The van der Waals surface area contributed by atoms with Gasteiger partial charge in [0.1, 0.15) is 11.2 Å². The van der Waals surface area contributed by atoms with Crippen LogP contribution < -0.4 is 5.32 Å². The van der Waals surface area contributed by atoms with Crippen molar-refractivity contribution in [3.05, 3.63) is 40.3 Å². The van der Waals surface area contributed by atoms with Gasteiger partial charge in [-0.3, -0.25) is 9.59 Å². The average molecular weight is 460 g/mol. The molecule has 3 unspecified atom stereocenters. The number of carbonyl (C=O) groups excluding carboxylic acids is 1. The highest BCUT2D eigenvalue weighted by atomic mass is 35.5. The number of aliphatic carboxylic acids is 1. The lowest BCUT2D eigenvalue weighted by atomic mass is 9.85. The Balaban J connectivity index is 2.24. The van der Waals surface area contributed by atoms with E-state index < -0.39 is 17.6 Å². The molecule has 1 aromatic heterocycles. The number of nitrogens with one attached hydrogen (secondary N) is 1. The first-order valence-electron chi connectivity index (χ1n) is 9.52. The maximum atomic E-state index is 13.2. The van der Waals surface area contributed by atoms with Crippen LogP contribution >= 0.6 is 34.5 Å². The Morgan fingerprint density at radius 1 is 1.34 bits per heavy atom. The quantitative estimate of drug-likeness (QED) is 0.267. The summed E-state index contributed by atoms with van der Waals surface area (Å²) in [4.78, 5) is 25.2. The number of rotatable bonds is 9. The molecular formula is C21H27Cl2NO4S. The van der Waals surface area contributed by atoms with Gasteiger partial charge in [0, 0.05) is 10.5 Å². The summed E-state index contributed by atoms with van der Waals surface area (Å²) in [7, 11) is 0. The molecule has 1 aromatic rings. The Kier molecular flexibility index (Phi) is 8.35. The van der Waals surface area contributed by atoms with E-state index in [0.29, 0.717) is 22.6 Å². The van der Waals surface area contributed by atoms with Gasteiger partial charge in [-0.1, -0.05) is 39.0 Å². The molecule has 0 fully saturated rings. The molecule has 1 aliphatic rings. The molecule has 0 amide bonds. The Morgan fingerprint density at radius 2 is 2.03 bits per heavy atom. The number of hydrogen-bond donors (Lipinski definition) is 3. The highest BCUT2D eigenvalue weighted by molar-refractivity contribution is 7.16. The number of carbonyl (C=O) groups is 2. The van der Waals surface area contributed by atoms with Gasteiger partial charge in [0.05, 0.1) is 22.7 Å². The molecule has 3 N–H and O–H groups in total. The van der Waals surface area contributed by atoms with Crippen LogP contribution in [0.25, 0.3) is 0 Å². The fourth-order valence-electron chi connectivity index (χ4n) is 3.23. The molecule has 3 atom stereocenters. The molecule has 2 rings (SSSR count). The number of aliphatic hydroxyl groups excluding tert-OH is 1. The van der Waals surface area contributed by atoms with E-state index in [1.807, 2.05) is 13.0 Å². The molecular weight excluding hydrogens is 433 g/mol. The van der Waals surface area contributed by atoms with E-state index in [2.05, 4.69) is 5.32 Å². The normalized spacial score (nSPS) is 20.7. The fourth-order valence-corrected chi connectivity index (χ4v) is 4.95. The Hall–Kier alpha value is -1.34. The summed E-state index contributed by atoms with van der Waals surface area (Å²) in [6.45, 7) is 5.57. The van der Waals surface area contributed by atoms with Crippen LogP contribution in [0.15, 0.2) is 29.9 Å². The molecule has 5 nitrogen and oxygen atoms in total. The van der Waals surface area contributed by atoms with Crippen LogP contribution in [-0.2, 0) is 11.2 Å². The fraction of sp³-hybridized carbons (Fsp3) is 0.524. The Bertz CT molecular complexity index is 816. The maximum absolute atomic E-state index is 13.2. The summed E-state index contributed by atoms with van der Waals surface area (Å²) in [6.07, 6.45) is 5.66. The van der Waals surface area contributed by atoms with Gasteiger partial charge in [-0.15, -0.1) is 34.5 Å². The number of hydrogen-bond acceptors (Lipinski definition) is 5. The van der Waals surface area contributed by atoms with Gasteiger partial charge in [-0.05, 0) is 30.7 Å². The van der Waals surface area contributed by atoms with E-state index in [1.54, 1.807) is 32.1 Å². The molecule has 8 heteroatoms. The summed E-state index contributed by atoms with van der Waals surface area (Å²) >= 11 is 13.8. The molecule has 0 bridgehead atoms. The molecule has 1 heterocycles. The Labute approximate surface area is 185 Å². The van der Waals surface area contributed by atoms with Crippen LogP contribution in [0, 0.1) is 5.41 Å². The van der Waals surface area contributed by atoms with E-state index in [1.165, 1.54) is 11.3 Å². The zero-order valence-corrected chi connectivity index (χ0v) is 19.1. The van der Waals surface area contributed by atoms with Gasteiger partial charge >= 0.3 is 5.97 Å². The number of ketones is 1. The van der Waals surface area contributed by atoms with Crippen LogP contribution in [0.2, 0.25) is 0 Å². The van der Waals surface area contributed by atoms with E-state index in [0.717, 1.165) is 11.3 Å². The topological polar surface area (TPSA) is 86.6 Å². The van der Waals surface area contributed by atoms with Crippen LogP contribution in [-0.4, -0.2) is 38.9 Å². The van der Waals surface area contributed by atoms with Gasteiger partial charge in [0.25, 0.3) is 0 Å². The summed E-state index contributed by atoms with van der Waals surface area (Å²) < 4.78 is 0. The van der Waals surface area contributed by atoms with Crippen molar-refractivity contribution in [1.82, 2.24) is 0 Å². The Morgan fingerprint density at radius 3 is 2.66 bits per heavy atom. The number of aliphatic hydroxyl groups is 1. The number of alkyl halides is 2. The number of carboxylic acid groups (broad SMARTS) is 1. The molecule has 160 valence electrons. The van der Waals surface area contributed by atoms with Crippen molar-refractivity contribution in [2.45, 2.75) is 63.4 Å². The highest BCUT2D eigenvalue weighted by Gasteiger charge is 2.27. The van der Waals surface area contributed by atoms with E-state index in [4.69, 9.17) is 28.3 Å². The van der Waals surface area contributed by atoms with E-state index >= 15 is 0 Å². The van der Waals surface area contributed by atoms with Crippen LogP contribution in [0.3, 0.4) is 0 Å². The lowest BCUT2D eigenvalue weighted by Crippen LogP contribution is -2.28. The minimum atomic E-state index is -0.981. The number of thiophene rings is 1. The van der Waals surface area contributed by atoms with Gasteiger partial charge in [-0.25, -0.2) is 0 Å². The second-order valence-electron chi connectivity index (χ2n) is 7.99. The monoisotopic (exact) mass is 459 g/mol. The minimum Gasteiger partial charge on any atom is -0.481 e. The number of anilines is 1. The van der Waals surface area contributed by atoms with Crippen molar-refractivity contribution in [2.75, 3.05) is 5.32 Å². The lowest BCUT2D eigenvalue weighted by Gasteiger charge is -2.26. The maximum Gasteiger partial charge on any atom is 0.303 e. The van der Waals surface area contributed by atoms with E-state index in [-0.39, 0.29) is 29.4 Å². The summed E-state index contributed by atoms with van der Waals surface area (Å²) in [5.74, 6) is -1.10. The van der Waals surface area contributed by atoms with Gasteiger partial charge in [0.15, 0.2) is 5.78 Å². The zero-order valence-electron chi connectivity index (χ0n) is 16.7. The smallest absolute Gasteiger partial charge is 0.303 e. The number of carboxylic acids is 1. The number of Topliss-reactive ketones (excluding diaryl/α,β-unsaturated/α-hetero) is 1. The first kappa shape index (κ1) is 23.9. The summed E-state index contributed by atoms with van der Waals surface area (Å²) in [5.41, 5.74) is 0.341. The lowest BCUT2D eigenvalue weighted by molar-refractivity contribution is -0.139. The van der Waals surface area contributed by atoms with Crippen molar-refractivity contribution in [3.8, 4) is 0 Å². The first-order valence-corrected chi connectivity index (χ1v) is 11.2. The first-order chi connectivity index (χ1) is 13.5. The van der Waals surface area contributed by atoms with Gasteiger partial charge in [-0.2, -0.15) is 0 Å². The van der Waals surface area contributed by atoms with Crippen LogP contribution in [0.5, 0.6) is 0 Å². The minimum absolute atomic E-state index is 0.0590. The summed E-state index contributed by atoms with van der Waals surface area (Å²) in [6, 6.07) is 1.82. The van der Waals surface area contributed by atoms with Crippen molar-refractivity contribution < 1.29 is 19.8 Å². The number of halogens is 2. The second kappa shape index (κ2) is 10.1. The predicted octanol–water partition coefficient (Wildman–Crippen LogP) is 5.22. The molecule has 0 saturated carbocycles. The molecule has 0 spiro atoms. The molecule has 1 aliphatic carbocycles. The largest absolute Gasteiger partial charge is 0.481 e. The van der Waals surface area contributed by atoms with Crippen LogP contribution in [0.1, 0.15) is 55.3 Å². The van der Waals surface area contributed by atoms with Crippen molar-refractivity contribution in [2.24, 2.45) is 5.41 Å². The standard InChI is InChI=1S/C21H27Cl2NO4S/c1-4-15-9-16(19(28)12-5-6-13(22)8-14(23)7-12)20(29-15)24-17(25)10-21(2,3)11-18(26)27/h5-7,9,13-14,17,24-25H,4,8,10-11H2,1-3H3,(H,26,27). The average Bonchev–Trinajstić information content (AvgIpc) is 2.89. The third-order valence-corrected chi connectivity index (χ3v) is 6.45. The molecule has 29 heavy (non-hydrogen) atoms.